The summed E-state index contributed by atoms with van der Waals surface area (Å²) in [5.74, 6) is 1.08. The van der Waals surface area contributed by atoms with Crippen molar-refractivity contribution in [2.45, 2.75) is 31.5 Å². The van der Waals surface area contributed by atoms with E-state index < -0.39 is 0 Å². The van der Waals surface area contributed by atoms with Crippen LogP contribution in [0.4, 0.5) is 5.82 Å². The normalized spacial score (nSPS) is 11.3. The lowest BCUT2D eigenvalue weighted by Gasteiger charge is -2.09. The highest BCUT2D eigenvalue weighted by atomic mass is 32.2. The largest absolute Gasteiger partial charge is 0.364 e. The molecular weight excluding hydrogens is 368 g/mol. The molecule has 0 bridgehead atoms. The number of pyridine rings is 1. The van der Waals surface area contributed by atoms with E-state index in [9.17, 15) is 0 Å². The van der Waals surface area contributed by atoms with Crippen molar-refractivity contribution in [1.82, 2.24) is 25.1 Å². The van der Waals surface area contributed by atoms with Gasteiger partial charge in [-0.25, -0.2) is 9.97 Å². The van der Waals surface area contributed by atoms with Gasteiger partial charge in [0.05, 0.1) is 11.4 Å². The number of aromatic nitrogens is 5. The molecule has 4 rings (SSSR count). The Morgan fingerprint density at radius 1 is 1.04 bits per heavy atom. The van der Waals surface area contributed by atoms with Crippen molar-refractivity contribution in [3.05, 3.63) is 59.9 Å². The zero-order valence-electron chi connectivity index (χ0n) is 16.1. The molecule has 4 aromatic rings. The highest BCUT2D eigenvalue weighted by Gasteiger charge is 2.16. The molecular formula is C21H22N6S. The van der Waals surface area contributed by atoms with Crippen LogP contribution in [-0.2, 0) is 6.54 Å². The molecule has 28 heavy (non-hydrogen) atoms. The van der Waals surface area contributed by atoms with E-state index >= 15 is 0 Å². The molecule has 6 nitrogen and oxygen atoms in total. The van der Waals surface area contributed by atoms with Crippen LogP contribution in [0, 0.1) is 0 Å². The molecule has 0 spiro atoms. The third-order valence-electron chi connectivity index (χ3n) is 4.54. The summed E-state index contributed by atoms with van der Waals surface area (Å²) >= 11 is 1.53. The van der Waals surface area contributed by atoms with E-state index in [0.29, 0.717) is 12.5 Å². The van der Waals surface area contributed by atoms with Gasteiger partial charge >= 0.3 is 0 Å². The van der Waals surface area contributed by atoms with Gasteiger partial charge in [0.2, 0.25) is 0 Å². The average Bonchev–Trinajstić information content (AvgIpc) is 3.17. The van der Waals surface area contributed by atoms with Crippen LogP contribution >= 0.6 is 11.8 Å². The monoisotopic (exact) mass is 390 g/mol. The Labute approximate surface area is 168 Å². The van der Waals surface area contributed by atoms with Crippen molar-refractivity contribution < 1.29 is 0 Å². The summed E-state index contributed by atoms with van der Waals surface area (Å²) in [6, 6.07) is 14.3. The smallest absolute Gasteiger partial charge is 0.190 e. The SMILES string of the molecule is CSc1nc(NCc2ccc(-c3ccccn3)cc2)c2n[nH]c(C(C)C)c2n1. The summed E-state index contributed by atoms with van der Waals surface area (Å²) in [5.41, 5.74) is 5.95. The maximum Gasteiger partial charge on any atom is 0.190 e. The standard InChI is InChI=1S/C21H22N6S/c1-13(2)17-18-19(27-26-17)20(25-21(24-18)28-3)23-12-14-7-9-15(10-8-14)16-6-4-5-11-22-16/h4-11,13H,12H2,1-3H3,(H,26,27)(H,23,24,25). The lowest BCUT2D eigenvalue weighted by molar-refractivity contribution is 0.814. The molecule has 0 aliphatic carbocycles. The zero-order valence-corrected chi connectivity index (χ0v) is 16.9. The fourth-order valence-corrected chi connectivity index (χ4v) is 3.39. The molecule has 0 aliphatic heterocycles. The number of hydrogen-bond acceptors (Lipinski definition) is 6. The molecule has 0 amide bonds. The van der Waals surface area contributed by atoms with Gasteiger partial charge in [-0.05, 0) is 29.9 Å². The van der Waals surface area contributed by atoms with Crippen molar-refractivity contribution in [2.24, 2.45) is 0 Å². The summed E-state index contributed by atoms with van der Waals surface area (Å²) in [7, 11) is 0. The Balaban J connectivity index is 1.57. The van der Waals surface area contributed by atoms with Crippen LogP contribution in [0.2, 0.25) is 0 Å². The van der Waals surface area contributed by atoms with E-state index in [1.54, 1.807) is 0 Å². The van der Waals surface area contributed by atoms with Crippen LogP contribution < -0.4 is 5.32 Å². The van der Waals surface area contributed by atoms with Gasteiger partial charge < -0.3 is 5.32 Å². The number of benzene rings is 1. The molecule has 2 N–H and O–H groups in total. The number of aromatic amines is 1. The number of hydrogen-bond donors (Lipinski definition) is 2. The number of nitrogens with zero attached hydrogens (tertiary/aromatic N) is 4. The third-order valence-corrected chi connectivity index (χ3v) is 5.09. The highest BCUT2D eigenvalue weighted by molar-refractivity contribution is 7.98. The van der Waals surface area contributed by atoms with Gasteiger partial charge in [-0.1, -0.05) is 55.9 Å². The topological polar surface area (TPSA) is 79.4 Å². The summed E-state index contributed by atoms with van der Waals surface area (Å²) in [6.07, 6.45) is 3.79. The molecule has 3 aromatic heterocycles. The minimum atomic E-state index is 0.321. The van der Waals surface area contributed by atoms with E-state index in [0.717, 1.165) is 44.5 Å². The number of H-pyrrole nitrogens is 1. The van der Waals surface area contributed by atoms with Gasteiger partial charge in [0, 0.05) is 18.3 Å². The van der Waals surface area contributed by atoms with Crippen LogP contribution in [0.5, 0.6) is 0 Å². The van der Waals surface area contributed by atoms with E-state index in [1.807, 2.05) is 30.7 Å². The fourth-order valence-electron chi connectivity index (χ4n) is 3.03. The van der Waals surface area contributed by atoms with Gasteiger partial charge in [-0.3, -0.25) is 10.1 Å². The third kappa shape index (κ3) is 3.71. The average molecular weight is 391 g/mol. The Bertz CT molecular complexity index is 1070. The predicted molar refractivity (Wildman–Crippen MR) is 115 cm³/mol. The molecule has 0 atom stereocenters. The Hall–Kier alpha value is -2.93. The van der Waals surface area contributed by atoms with E-state index in [-0.39, 0.29) is 0 Å². The van der Waals surface area contributed by atoms with Crippen LogP contribution in [0.3, 0.4) is 0 Å². The van der Waals surface area contributed by atoms with Crippen molar-refractivity contribution in [3.63, 3.8) is 0 Å². The summed E-state index contributed by atoms with van der Waals surface area (Å²) in [6.45, 7) is 4.92. The van der Waals surface area contributed by atoms with Crippen molar-refractivity contribution in [1.29, 1.82) is 0 Å². The van der Waals surface area contributed by atoms with Crippen LogP contribution in [0.15, 0.2) is 53.8 Å². The maximum atomic E-state index is 4.65. The van der Waals surface area contributed by atoms with Crippen LogP contribution in [-0.4, -0.2) is 31.4 Å². The van der Waals surface area contributed by atoms with Gasteiger partial charge in [0.25, 0.3) is 0 Å². The Kier molecular flexibility index (Phi) is 5.25. The molecule has 0 radical (unpaired) electrons. The van der Waals surface area contributed by atoms with Crippen LogP contribution in [0.25, 0.3) is 22.3 Å². The fraction of sp³-hybridized carbons (Fsp3) is 0.238. The molecule has 0 unspecified atom stereocenters. The Morgan fingerprint density at radius 3 is 2.54 bits per heavy atom. The first-order valence-corrected chi connectivity index (χ1v) is 10.4. The molecule has 0 saturated heterocycles. The van der Waals surface area contributed by atoms with Crippen molar-refractivity contribution in [3.8, 4) is 11.3 Å². The number of fused-ring (bicyclic) bond motifs is 1. The molecule has 1 aromatic carbocycles. The first kappa shape index (κ1) is 18.4. The summed E-state index contributed by atoms with van der Waals surface area (Å²) in [5, 5.41) is 11.7. The lowest BCUT2D eigenvalue weighted by Crippen LogP contribution is -2.04. The van der Waals surface area contributed by atoms with Gasteiger partial charge in [0.15, 0.2) is 16.5 Å². The second-order valence-corrected chi connectivity index (χ2v) is 7.59. The number of nitrogens with one attached hydrogen (secondary N) is 2. The Morgan fingerprint density at radius 2 is 1.86 bits per heavy atom. The first-order chi connectivity index (χ1) is 13.7. The second-order valence-electron chi connectivity index (χ2n) is 6.81. The van der Waals surface area contributed by atoms with Gasteiger partial charge in [-0.2, -0.15) is 5.10 Å². The van der Waals surface area contributed by atoms with Crippen molar-refractivity contribution >= 4 is 28.6 Å². The number of thioether (sulfide) groups is 1. The highest BCUT2D eigenvalue weighted by Crippen LogP contribution is 2.28. The minimum absolute atomic E-state index is 0.321. The molecule has 0 aliphatic rings. The van der Waals surface area contributed by atoms with Gasteiger partial charge in [-0.15, -0.1) is 0 Å². The molecule has 142 valence electrons. The molecule has 0 saturated carbocycles. The van der Waals surface area contributed by atoms with E-state index in [4.69, 9.17) is 0 Å². The number of anilines is 1. The maximum absolute atomic E-state index is 4.65. The van der Waals surface area contributed by atoms with Crippen molar-refractivity contribution in [2.75, 3.05) is 11.6 Å². The van der Waals surface area contributed by atoms with Crippen LogP contribution in [0.1, 0.15) is 31.0 Å². The first-order valence-electron chi connectivity index (χ1n) is 9.20. The minimum Gasteiger partial charge on any atom is -0.364 e. The quantitative estimate of drug-likeness (QED) is 0.361. The zero-order chi connectivity index (χ0) is 19.5. The molecule has 0 fully saturated rings. The number of rotatable bonds is 6. The van der Waals surface area contributed by atoms with E-state index in [2.05, 4.69) is 68.6 Å². The lowest BCUT2D eigenvalue weighted by atomic mass is 10.1. The molecule has 3 heterocycles. The predicted octanol–water partition coefficient (Wildman–Crippen LogP) is 4.87. The van der Waals surface area contributed by atoms with E-state index in [1.165, 1.54) is 11.8 Å². The molecule has 7 heteroatoms. The van der Waals surface area contributed by atoms with Gasteiger partial charge in [0.1, 0.15) is 5.52 Å². The summed E-state index contributed by atoms with van der Waals surface area (Å²) in [4.78, 5) is 13.7. The summed E-state index contributed by atoms with van der Waals surface area (Å²) < 4.78 is 0. The second kappa shape index (κ2) is 7.98.